The summed E-state index contributed by atoms with van der Waals surface area (Å²) >= 11 is 1.59. The van der Waals surface area contributed by atoms with Crippen LogP contribution in [0.4, 0.5) is 0 Å². The molecule has 8 heteroatoms. The van der Waals surface area contributed by atoms with Crippen LogP contribution in [-0.4, -0.2) is 58.9 Å². The van der Waals surface area contributed by atoms with Gasteiger partial charge in [-0.15, -0.1) is 11.8 Å². The number of rotatable bonds is 6. The normalized spacial score (nSPS) is 16.5. The van der Waals surface area contributed by atoms with Gasteiger partial charge in [0.1, 0.15) is 16.4 Å². The van der Waals surface area contributed by atoms with Gasteiger partial charge in [0, 0.05) is 32.2 Å². The number of sulfonamides is 1. The molecule has 1 aromatic rings. The molecule has 1 N–H and O–H groups in total. The minimum absolute atomic E-state index is 0.161. The fourth-order valence-electron chi connectivity index (χ4n) is 2.34. The van der Waals surface area contributed by atoms with Crippen LogP contribution in [-0.2, 0) is 10.0 Å². The lowest BCUT2D eigenvalue weighted by Crippen LogP contribution is -2.46. The molecule has 0 aromatic heterocycles. The van der Waals surface area contributed by atoms with Crippen molar-refractivity contribution in [2.24, 2.45) is 0 Å². The molecule has 0 atom stereocenters. The maximum absolute atomic E-state index is 12.9. The number of methoxy groups -OCH3 is 2. The fourth-order valence-corrected chi connectivity index (χ4v) is 4.72. The largest absolute Gasteiger partial charge is 0.496 e. The molecule has 1 aromatic carbocycles. The Balaban J connectivity index is 2.48. The molecule has 0 bridgehead atoms. The van der Waals surface area contributed by atoms with E-state index in [0.29, 0.717) is 37.7 Å². The maximum atomic E-state index is 12.9. The predicted octanol–water partition coefficient (Wildman–Crippen LogP) is 1.41. The summed E-state index contributed by atoms with van der Waals surface area (Å²) in [6, 6.07) is 3.30. The molecule has 22 heavy (non-hydrogen) atoms. The number of hydrogen-bond acceptors (Lipinski definition) is 6. The average molecular weight is 346 g/mol. The second-order valence-corrected chi connectivity index (χ2v) is 7.95. The zero-order valence-electron chi connectivity index (χ0n) is 13.1. The first-order valence-corrected chi connectivity index (χ1v) is 9.56. The van der Waals surface area contributed by atoms with Crippen molar-refractivity contribution in [2.45, 2.75) is 16.7 Å². The third-order valence-corrected chi connectivity index (χ3v) is 6.28. The number of nitrogens with one attached hydrogen (secondary N) is 1. The lowest BCUT2D eigenvalue weighted by molar-refractivity contribution is 0.352. The molecule has 0 spiro atoms. The summed E-state index contributed by atoms with van der Waals surface area (Å²) in [5.41, 5.74) is 0. The molecule has 0 radical (unpaired) electrons. The van der Waals surface area contributed by atoms with Gasteiger partial charge < -0.3 is 14.8 Å². The van der Waals surface area contributed by atoms with Crippen LogP contribution in [0.3, 0.4) is 0 Å². The maximum Gasteiger partial charge on any atom is 0.246 e. The highest BCUT2D eigenvalue weighted by Gasteiger charge is 2.30. The first-order valence-electron chi connectivity index (χ1n) is 7.14. The lowest BCUT2D eigenvalue weighted by atomic mass is 10.3. The molecule has 2 rings (SSSR count). The molecule has 124 valence electrons. The van der Waals surface area contributed by atoms with Gasteiger partial charge in [0.25, 0.3) is 0 Å². The van der Waals surface area contributed by atoms with Crippen molar-refractivity contribution in [3.05, 3.63) is 12.1 Å². The second-order valence-electron chi connectivity index (χ2n) is 4.74. The van der Waals surface area contributed by atoms with Crippen molar-refractivity contribution in [3.63, 3.8) is 0 Å². The lowest BCUT2D eigenvalue weighted by Gasteiger charge is -2.27. The Morgan fingerprint density at radius 1 is 1.18 bits per heavy atom. The Bertz CT molecular complexity index is 614. The van der Waals surface area contributed by atoms with Gasteiger partial charge in [-0.1, -0.05) is 6.92 Å². The van der Waals surface area contributed by atoms with Crippen molar-refractivity contribution in [1.82, 2.24) is 9.62 Å². The zero-order valence-corrected chi connectivity index (χ0v) is 14.7. The topological polar surface area (TPSA) is 67.9 Å². The van der Waals surface area contributed by atoms with E-state index in [2.05, 4.69) is 5.32 Å². The minimum Gasteiger partial charge on any atom is -0.496 e. The summed E-state index contributed by atoms with van der Waals surface area (Å²) in [5, 5.41) is 3.15. The average Bonchev–Trinajstić information content (AvgIpc) is 2.55. The molecule has 1 aliphatic rings. The second kappa shape index (κ2) is 7.54. The van der Waals surface area contributed by atoms with E-state index in [-0.39, 0.29) is 4.90 Å². The van der Waals surface area contributed by atoms with Crippen molar-refractivity contribution in [2.75, 3.05) is 46.2 Å². The number of piperazine rings is 1. The van der Waals surface area contributed by atoms with Gasteiger partial charge in [-0.2, -0.15) is 4.31 Å². The van der Waals surface area contributed by atoms with Crippen LogP contribution in [0.25, 0.3) is 0 Å². The van der Waals surface area contributed by atoms with E-state index >= 15 is 0 Å². The van der Waals surface area contributed by atoms with Crippen LogP contribution in [0.5, 0.6) is 11.5 Å². The smallest absolute Gasteiger partial charge is 0.246 e. The zero-order chi connectivity index (χ0) is 16.2. The van der Waals surface area contributed by atoms with Crippen molar-refractivity contribution in [1.29, 1.82) is 0 Å². The number of benzene rings is 1. The molecule has 1 aliphatic heterocycles. The van der Waals surface area contributed by atoms with Gasteiger partial charge in [-0.25, -0.2) is 8.42 Å². The molecule has 1 saturated heterocycles. The number of nitrogens with zero attached hydrogens (tertiary/aromatic N) is 1. The van der Waals surface area contributed by atoms with Crippen LogP contribution in [0.1, 0.15) is 6.92 Å². The van der Waals surface area contributed by atoms with Gasteiger partial charge in [0.15, 0.2) is 0 Å². The standard InChI is InChI=1S/C14H22N2O4S2/c1-4-21-13-9-12(20-3)14(10-11(13)19-2)22(17,18)16-7-5-15-6-8-16/h9-10,15H,4-8H2,1-3H3. The van der Waals surface area contributed by atoms with Gasteiger partial charge in [-0.05, 0) is 11.8 Å². The molecule has 0 saturated carbocycles. The Morgan fingerprint density at radius 3 is 2.36 bits per heavy atom. The van der Waals surface area contributed by atoms with E-state index in [1.54, 1.807) is 31.0 Å². The predicted molar refractivity (Wildman–Crippen MR) is 87.6 cm³/mol. The van der Waals surface area contributed by atoms with Gasteiger partial charge in [0.2, 0.25) is 10.0 Å². The Morgan fingerprint density at radius 2 is 1.82 bits per heavy atom. The third kappa shape index (κ3) is 3.51. The van der Waals surface area contributed by atoms with E-state index < -0.39 is 10.0 Å². The fraction of sp³-hybridized carbons (Fsp3) is 0.571. The van der Waals surface area contributed by atoms with Crippen LogP contribution < -0.4 is 14.8 Å². The highest BCUT2D eigenvalue weighted by Crippen LogP contribution is 2.38. The monoisotopic (exact) mass is 346 g/mol. The first-order chi connectivity index (χ1) is 10.5. The quantitative estimate of drug-likeness (QED) is 0.786. The first kappa shape index (κ1) is 17.4. The van der Waals surface area contributed by atoms with E-state index in [0.717, 1.165) is 10.6 Å². The van der Waals surface area contributed by atoms with Gasteiger partial charge >= 0.3 is 0 Å². The van der Waals surface area contributed by atoms with Crippen LogP contribution in [0, 0.1) is 0 Å². The Hall–Kier alpha value is -0.960. The highest BCUT2D eigenvalue weighted by atomic mass is 32.2. The van der Waals surface area contributed by atoms with Crippen LogP contribution in [0.2, 0.25) is 0 Å². The summed E-state index contributed by atoms with van der Waals surface area (Å²) in [5.74, 6) is 1.78. The minimum atomic E-state index is -3.59. The Kier molecular flexibility index (Phi) is 5.96. The summed E-state index contributed by atoms with van der Waals surface area (Å²) in [6.45, 7) is 4.26. The van der Waals surface area contributed by atoms with E-state index in [4.69, 9.17) is 9.47 Å². The molecule has 1 fully saturated rings. The summed E-state index contributed by atoms with van der Waals surface area (Å²) < 4.78 is 37.9. The SMILES string of the molecule is CCSc1cc(OC)c(S(=O)(=O)N2CCNCC2)cc1OC. The summed E-state index contributed by atoms with van der Waals surface area (Å²) in [4.78, 5) is 1.04. The number of ether oxygens (including phenoxy) is 2. The molecule has 6 nitrogen and oxygen atoms in total. The summed E-state index contributed by atoms with van der Waals surface area (Å²) in [7, 11) is -0.561. The highest BCUT2D eigenvalue weighted by molar-refractivity contribution is 7.99. The molecule has 0 amide bonds. The van der Waals surface area contributed by atoms with Crippen molar-refractivity contribution in [3.8, 4) is 11.5 Å². The summed E-state index contributed by atoms with van der Waals surface area (Å²) in [6.07, 6.45) is 0. The number of hydrogen-bond donors (Lipinski definition) is 1. The van der Waals surface area contributed by atoms with E-state index in [1.807, 2.05) is 6.92 Å². The molecular weight excluding hydrogens is 324 g/mol. The molecule has 0 aliphatic carbocycles. The Labute approximate surface area is 136 Å². The van der Waals surface area contributed by atoms with Crippen molar-refractivity contribution >= 4 is 21.8 Å². The molecular formula is C14H22N2O4S2. The molecule has 1 heterocycles. The number of thioether (sulfide) groups is 1. The van der Waals surface area contributed by atoms with Gasteiger partial charge in [0.05, 0.1) is 19.1 Å². The van der Waals surface area contributed by atoms with Crippen LogP contribution >= 0.6 is 11.8 Å². The van der Waals surface area contributed by atoms with E-state index in [1.165, 1.54) is 11.4 Å². The van der Waals surface area contributed by atoms with Crippen LogP contribution in [0.15, 0.2) is 21.9 Å². The third-order valence-electron chi connectivity index (χ3n) is 3.44. The van der Waals surface area contributed by atoms with Gasteiger partial charge in [-0.3, -0.25) is 0 Å². The molecule has 0 unspecified atom stereocenters. The van der Waals surface area contributed by atoms with E-state index in [9.17, 15) is 8.42 Å². The van der Waals surface area contributed by atoms with Crippen molar-refractivity contribution < 1.29 is 17.9 Å².